The number of rotatable bonds is 2. The highest BCUT2D eigenvalue weighted by Crippen LogP contribution is 2.39. The third kappa shape index (κ3) is 2.71. The molecular formula is C16H21N3O2. The molecule has 0 aromatic heterocycles. The summed E-state index contributed by atoms with van der Waals surface area (Å²) in [6, 6.07) is 10.3. The molecule has 1 aromatic carbocycles. The van der Waals surface area contributed by atoms with Crippen molar-refractivity contribution in [3.8, 4) is 0 Å². The van der Waals surface area contributed by atoms with Crippen LogP contribution in [0, 0.1) is 5.41 Å². The smallest absolute Gasteiger partial charge is 0.251 e. The first-order valence-electron chi connectivity index (χ1n) is 7.49. The van der Waals surface area contributed by atoms with Crippen molar-refractivity contribution >= 4 is 11.8 Å². The lowest BCUT2D eigenvalue weighted by Crippen LogP contribution is -2.59. The van der Waals surface area contributed by atoms with Gasteiger partial charge in [-0.05, 0) is 31.4 Å². The molecular weight excluding hydrogens is 266 g/mol. The number of hydrogen-bond donors (Lipinski definition) is 1. The molecule has 1 unspecified atom stereocenters. The SMILES string of the molecule is NN1C(=O)CCC2(CCCN(Cc3ccccc3)C2)C1=O. The van der Waals surface area contributed by atoms with Gasteiger partial charge >= 0.3 is 0 Å². The maximum atomic E-state index is 12.5. The van der Waals surface area contributed by atoms with Gasteiger partial charge in [0.2, 0.25) is 5.91 Å². The highest BCUT2D eigenvalue weighted by molar-refractivity contribution is 6.00. The molecule has 2 aliphatic heterocycles. The average Bonchev–Trinajstić information content (AvgIpc) is 2.51. The van der Waals surface area contributed by atoms with Crippen molar-refractivity contribution in [1.29, 1.82) is 0 Å². The summed E-state index contributed by atoms with van der Waals surface area (Å²) in [6.07, 6.45) is 2.81. The van der Waals surface area contributed by atoms with E-state index in [-0.39, 0.29) is 11.8 Å². The van der Waals surface area contributed by atoms with Gasteiger partial charge in [0.05, 0.1) is 5.41 Å². The van der Waals surface area contributed by atoms with Crippen LogP contribution in [0.15, 0.2) is 30.3 Å². The van der Waals surface area contributed by atoms with E-state index in [0.29, 0.717) is 19.4 Å². The molecule has 3 rings (SSSR count). The molecule has 0 aliphatic carbocycles. The number of piperidine rings is 2. The molecule has 2 amide bonds. The van der Waals surface area contributed by atoms with Crippen molar-refractivity contribution in [3.05, 3.63) is 35.9 Å². The molecule has 1 spiro atoms. The van der Waals surface area contributed by atoms with Crippen LogP contribution in [-0.2, 0) is 16.1 Å². The van der Waals surface area contributed by atoms with Gasteiger partial charge in [0.15, 0.2) is 0 Å². The first kappa shape index (κ1) is 14.2. The molecule has 2 heterocycles. The summed E-state index contributed by atoms with van der Waals surface area (Å²) in [6.45, 7) is 2.53. The minimum atomic E-state index is -0.463. The minimum absolute atomic E-state index is 0.198. The zero-order valence-corrected chi connectivity index (χ0v) is 12.1. The molecule has 0 saturated carbocycles. The first-order valence-corrected chi connectivity index (χ1v) is 7.49. The molecule has 2 aliphatic rings. The topological polar surface area (TPSA) is 66.6 Å². The van der Waals surface area contributed by atoms with Crippen molar-refractivity contribution in [1.82, 2.24) is 9.91 Å². The molecule has 5 heteroatoms. The quantitative estimate of drug-likeness (QED) is 0.506. The molecule has 2 saturated heterocycles. The van der Waals surface area contributed by atoms with E-state index in [1.807, 2.05) is 18.2 Å². The largest absolute Gasteiger partial charge is 0.298 e. The van der Waals surface area contributed by atoms with Crippen molar-refractivity contribution in [2.24, 2.45) is 11.3 Å². The number of nitrogens with zero attached hydrogens (tertiary/aromatic N) is 2. The fraction of sp³-hybridized carbons (Fsp3) is 0.500. The van der Waals surface area contributed by atoms with Crippen LogP contribution in [0.3, 0.4) is 0 Å². The van der Waals surface area contributed by atoms with E-state index in [1.54, 1.807) is 0 Å². The molecule has 5 nitrogen and oxygen atoms in total. The van der Waals surface area contributed by atoms with Crippen molar-refractivity contribution in [2.45, 2.75) is 32.2 Å². The van der Waals surface area contributed by atoms with Crippen LogP contribution >= 0.6 is 0 Å². The number of imide groups is 1. The molecule has 0 radical (unpaired) electrons. The first-order chi connectivity index (χ1) is 10.1. The van der Waals surface area contributed by atoms with Crippen LogP contribution in [-0.4, -0.2) is 34.8 Å². The summed E-state index contributed by atoms with van der Waals surface area (Å²) < 4.78 is 0. The summed E-state index contributed by atoms with van der Waals surface area (Å²) >= 11 is 0. The van der Waals surface area contributed by atoms with Gasteiger partial charge in [-0.3, -0.25) is 14.5 Å². The Bertz CT molecular complexity index is 546. The molecule has 1 aromatic rings. The van der Waals surface area contributed by atoms with Crippen LogP contribution in [0.4, 0.5) is 0 Å². The Morgan fingerprint density at radius 2 is 1.90 bits per heavy atom. The third-order valence-corrected chi connectivity index (χ3v) is 4.66. The van der Waals surface area contributed by atoms with Crippen molar-refractivity contribution in [2.75, 3.05) is 13.1 Å². The van der Waals surface area contributed by atoms with Gasteiger partial charge in [0.25, 0.3) is 5.91 Å². The molecule has 0 bridgehead atoms. The van der Waals surface area contributed by atoms with E-state index in [1.165, 1.54) is 5.56 Å². The zero-order valence-electron chi connectivity index (χ0n) is 12.1. The second-order valence-corrected chi connectivity index (χ2v) is 6.15. The number of likely N-dealkylation sites (tertiary alicyclic amines) is 1. The highest BCUT2D eigenvalue weighted by atomic mass is 16.2. The Morgan fingerprint density at radius 3 is 2.67 bits per heavy atom. The molecule has 2 fully saturated rings. The Labute approximate surface area is 124 Å². The van der Waals surface area contributed by atoms with Crippen LogP contribution in [0.1, 0.15) is 31.2 Å². The maximum absolute atomic E-state index is 12.5. The minimum Gasteiger partial charge on any atom is -0.298 e. The number of amides is 2. The van der Waals surface area contributed by atoms with Gasteiger partial charge in [-0.15, -0.1) is 0 Å². The van der Waals surface area contributed by atoms with E-state index in [4.69, 9.17) is 5.84 Å². The van der Waals surface area contributed by atoms with Crippen LogP contribution in [0.5, 0.6) is 0 Å². The molecule has 21 heavy (non-hydrogen) atoms. The Balaban J connectivity index is 1.73. The number of benzene rings is 1. The monoisotopic (exact) mass is 287 g/mol. The standard InChI is InChI=1S/C16H21N3O2/c17-19-14(20)7-9-16(15(19)21)8-4-10-18(12-16)11-13-5-2-1-3-6-13/h1-3,5-6H,4,7-12,17H2. The van der Waals surface area contributed by atoms with Gasteiger partial charge < -0.3 is 0 Å². The third-order valence-electron chi connectivity index (χ3n) is 4.66. The molecule has 2 N–H and O–H groups in total. The zero-order chi connectivity index (χ0) is 14.9. The summed E-state index contributed by atoms with van der Waals surface area (Å²) in [5.41, 5.74) is 0.786. The molecule has 1 atom stereocenters. The fourth-order valence-corrected chi connectivity index (χ4v) is 3.52. The number of hydrogen-bond acceptors (Lipinski definition) is 4. The predicted molar refractivity (Wildman–Crippen MR) is 78.7 cm³/mol. The van der Waals surface area contributed by atoms with E-state index in [0.717, 1.165) is 30.9 Å². The van der Waals surface area contributed by atoms with E-state index < -0.39 is 5.41 Å². The number of carbonyl (C=O) groups excluding carboxylic acids is 2. The van der Waals surface area contributed by atoms with Crippen molar-refractivity contribution in [3.63, 3.8) is 0 Å². The van der Waals surface area contributed by atoms with Gasteiger partial charge in [-0.2, -0.15) is 0 Å². The maximum Gasteiger partial charge on any atom is 0.251 e. The summed E-state index contributed by atoms with van der Waals surface area (Å²) in [4.78, 5) is 26.3. The molecule has 112 valence electrons. The fourth-order valence-electron chi connectivity index (χ4n) is 3.52. The van der Waals surface area contributed by atoms with Gasteiger partial charge in [-0.1, -0.05) is 30.3 Å². The summed E-state index contributed by atoms with van der Waals surface area (Å²) in [5, 5.41) is 0.843. The van der Waals surface area contributed by atoms with E-state index >= 15 is 0 Å². The van der Waals surface area contributed by atoms with Crippen molar-refractivity contribution < 1.29 is 9.59 Å². The summed E-state index contributed by atoms with van der Waals surface area (Å²) in [5.74, 6) is 5.18. The Morgan fingerprint density at radius 1 is 1.14 bits per heavy atom. The summed E-state index contributed by atoms with van der Waals surface area (Å²) in [7, 11) is 0. The van der Waals surface area contributed by atoms with Gasteiger partial charge in [0.1, 0.15) is 0 Å². The van der Waals surface area contributed by atoms with E-state index in [9.17, 15) is 9.59 Å². The second kappa shape index (κ2) is 5.58. The average molecular weight is 287 g/mol. The van der Waals surface area contributed by atoms with Crippen LogP contribution < -0.4 is 5.84 Å². The lowest BCUT2D eigenvalue weighted by atomic mass is 9.73. The Kier molecular flexibility index (Phi) is 3.78. The second-order valence-electron chi connectivity index (χ2n) is 6.15. The number of carbonyl (C=O) groups is 2. The van der Waals surface area contributed by atoms with Crippen LogP contribution in [0.25, 0.3) is 0 Å². The lowest BCUT2D eigenvalue weighted by Gasteiger charge is -2.45. The van der Waals surface area contributed by atoms with Gasteiger partial charge in [0, 0.05) is 19.5 Å². The Hall–Kier alpha value is -1.72. The van der Waals surface area contributed by atoms with Gasteiger partial charge in [-0.25, -0.2) is 10.9 Å². The normalized spacial score (nSPS) is 27.4. The van der Waals surface area contributed by atoms with Crippen LogP contribution in [0.2, 0.25) is 0 Å². The number of nitrogens with two attached hydrogens (primary N) is 1. The lowest BCUT2D eigenvalue weighted by molar-refractivity contribution is -0.161. The highest BCUT2D eigenvalue weighted by Gasteiger charge is 2.48. The number of hydrazine groups is 1. The van der Waals surface area contributed by atoms with E-state index in [2.05, 4.69) is 17.0 Å². The predicted octanol–water partition coefficient (Wildman–Crippen LogP) is 1.29.